The van der Waals surface area contributed by atoms with Gasteiger partial charge in [-0.1, -0.05) is 49.1 Å². The van der Waals surface area contributed by atoms with E-state index in [1.165, 1.54) is 45.2 Å². The summed E-state index contributed by atoms with van der Waals surface area (Å²) in [5, 5.41) is 11.0. The molecule has 0 aromatic heterocycles. The molecule has 1 N–H and O–H groups in total. The minimum absolute atomic E-state index is 0.442. The number of hydrogen-bond donors (Lipinski definition) is 1. The zero-order valence-electron chi connectivity index (χ0n) is 12.7. The molecule has 1 saturated carbocycles. The van der Waals surface area contributed by atoms with Crippen LogP contribution in [0.5, 0.6) is 0 Å². The van der Waals surface area contributed by atoms with E-state index in [4.69, 9.17) is 11.6 Å². The summed E-state index contributed by atoms with van der Waals surface area (Å²) in [6, 6.07) is 7.64. The zero-order chi connectivity index (χ0) is 14.7. The Balaban J connectivity index is 1.50. The summed E-state index contributed by atoms with van der Waals surface area (Å²) in [4.78, 5) is 2.55. The smallest absolute Gasteiger partial charge is 0.0816 e. The second-order valence-electron chi connectivity index (χ2n) is 6.72. The third-order valence-corrected chi connectivity index (χ3v) is 5.70. The van der Waals surface area contributed by atoms with Crippen LogP contribution in [0.25, 0.3) is 0 Å². The Morgan fingerprint density at radius 3 is 2.71 bits per heavy atom. The molecular formula is C18H26ClNO. The maximum Gasteiger partial charge on any atom is 0.0816 e. The molecule has 3 unspecified atom stereocenters. The summed E-state index contributed by atoms with van der Waals surface area (Å²) < 4.78 is 0. The Hall–Kier alpha value is -0.570. The first-order valence-electron chi connectivity index (χ1n) is 8.39. The van der Waals surface area contributed by atoms with E-state index in [2.05, 4.69) is 4.90 Å². The number of benzene rings is 1. The Kier molecular flexibility index (Phi) is 5.20. The first kappa shape index (κ1) is 15.3. The average Bonchev–Trinajstić information content (AvgIpc) is 2.53. The van der Waals surface area contributed by atoms with Crippen molar-refractivity contribution < 1.29 is 5.11 Å². The van der Waals surface area contributed by atoms with E-state index >= 15 is 0 Å². The van der Waals surface area contributed by atoms with Crippen LogP contribution in [0, 0.1) is 11.8 Å². The molecule has 1 aromatic rings. The lowest BCUT2D eigenvalue weighted by atomic mass is 9.75. The van der Waals surface area contributed by atoms with Gasteiger partial charge in [0, 0.05) is 18.1 Å². The second-order valence-corrected chi connectivity index (χ2v) is 7.13. The monoisotopic (exact) mass is 307 g/mol. The van der Waals surface area contributed by atoms with Crippen molar-refractivity contribution >= 4 is 11.6 Å². The van der Waals surface area contributed by atoms with E-state index in [0.717, 1.165) is 30.4 Å². The zero-order valence-corrected chi connectivity index (χ0v) is 13.4. The van der Waals surface area contributed by atoms with Gasteiger partial charge < -0.3 is 10.0 Å². The van der Waals surface area contributed by atoms with E-state index in [9.17, 15) is 5.11 Å². The highest BCUT2D eigenvalue weighted by atomic mass is 35.5. The number of aliphatic hydroxyl groups is 1. The molecule has 3 atom stereocenters. The number of hydrogen-bond acceptors (Lipinski definition) is 2. The van der Waals surface area contributed by atoms with Crippen LogP contribution in [0.15, 0.2) is 24.3 Å². The molecule has 0 bridgehead atoms. The normalized spacial score (nSPS) is 28.1. The molecule has 0 radical (unpaired) electrons. The van der Waals surface area contributed by atoms with Crippen LogP contribution in [-0.4, -0.2) is 29.6 Å². The van der Waals surface area contributed by atoms with Gasteiger partial charge in [0.05, 0.1) is 6.10 Å². The Labute approximate surface area is 133 Å². The predicted octanol–water partition coefficient (Wildman–Crippen LogP) is 4.28. The highest BCUT2D eigenvalue weighted by Gasteiger charge is 2.31. The number of piperidine rings is 1. The molecule has 2 fully saturated rings. The number of rotatable bonds is 4. The van der Waals surface area contributed by atoms with E-state index < -0.39 is 6.10 Å². The molecule has 1 aromatic carbocycles. The third kappa shape index (κ3) is 3.80. The largest absolute Gasteiger partial charge is 0.388 e. The fourth-order valence-corrected chi connectivity index (χ4v) is 4.35. The van der Waals surface area contributed by atoms with E-state index in [0.29, 0.717) is 5.02 Å². The standard InChI is InChI=1S/C18H26ClNO/c19-17-8-4-3-7-16(17)18(21)10-12-20-11-9-14-5-1-2-6-15(14)13-20/h3-4,7-8,14-15,18,21H,1-2,5-6,9-13H2. The van der Waals surface area contributed by atoms with E-state index in [1.807, 2.05) is 24.3 Å². The van der Waals surface area contributed by atoms with Gasteiger partial charge >= 0.3 is 0 Å². The minimum Gasteiger partial charge on any atom is -0.388 e. The lowest BCUT2D eigenvalue weighted by Crippen LogP contribution is -2.42. The van der Waals surface area contributed by atoms with Crippen molar-refractivity contribution in [2.75, 3.05) is 19.6 Å². The van der Waals surface area contributed by atoms with Crippen LogP contribution < -0.4 is 0 Å². The first-order valence-corrected chi connectivity index (χ1v) is 8.76. The van der Waals surface area contributed by atoms with E-state index in [1.54, 1.807) is 0 Å². The van der Waals surface area contributed by atoms with Crippen LogP contribution >= 0.6 is 11.6 Å². The highest BCUT2D eigenvalue weighted by Crippen LogP contribution is 2.36. The molecule has 2 nitrogen and oxygen atoms in total. The molecule has 1 aliphatic carbocycles. The summed E-state index contributed by atoms with van der Waals surface area (Å²) >= 11 is 6.16. The van der Waals surface area contributed by atoms with Crippen LogP contribution in [0.3, 0.4) is 0 Å². The number of halogens is 1. The molecule has 0 spiro atoms. The summed E-state index contributed by atoms with van der Waals surface area (Å²) in [6.45, 7) is 3.42. The average molecular weight is 308 g/mol. The van der Waals surface area contributed by atoms with Crippen molar-refractivity contribution in [2.24, 2.45) is 11.8 Å². The first-order chi connectivity index (χ1) is 10.2. The maximum absolute atomic E-state index is 10.4. The molecule has 21 heavy (non-hydrogen) atoms. The molecule has 0 amide bonds. The second kappa shape index (κ2) is 7.13. The van der Waals surface area contributed by atoms with Crippen LogP contribution in [0.2, 0.25) is 5.02 Å². The van der Waals surface area contributed by atoms with Gasteiger partial charge in [-0.05, 0) is 49.3 Å². The van der Waals surface area contributed by atoms with Gasteiger partial charge in [0.15, 0.2) is 0 Å². The molecule has 1 aliphatic heterocycles. The van der Waals surface area contributed by atoms with Crippen molar-refractivity contribution in [2.45, 2.75) is 44.6 Å². The Morgan fingerprint density at radius 2 is 1.90 bits per heavy atom. The summed E-state index contributed by atoms with van der Waals surface area (Å²) in [6.07, 6.45) is 7.40. The van der Waals surface area contributed by atoms with Gasteiger partial charge in [-0.15, -0.1) is 0 Å². The number of aliphatic hydroxyl groups excluding tert-OH is 1. The van der Waals surface area contributed by atoms with E-state index in [-0.39, 0.29) is 0 Å². The van der Waals surface area contributed by atoms with Gasteiger partial charge in [-0.25, -0.2) is 0 Å². The molecular weight excluding hydrogens is 282 g/mol. The van der Waals surface area contributed by atoms with Crippen LogP contribution in [0.1, 0.15) is 50.2 Å². The Morgan fingerprint density at radius 1 is 1.14 bits per heavy atom. The minimum atomic E-state index is -0.442. The number of fused-ring (bicyclic) bond motifs is 1. The molecule has 2 aliphatic rings. The predicted molar refractivity (Wildman–Crippen MR) is 87.5 cm³/mol. The molecule has 3 heteroatoms. The van der Waals surface area contributed by atoms with Gasteiger partial charge in [0.2, 0.25) is 0 Å². The van der Waals surface area contributed by atoms with Crippen LogP contribution in [-0.2, 0) is 0 Å². The topological polar surface area (TPSA) is 23.5 Å². The van der Waals surface area contributed by atoms with Crippen molar-refractivity contribution in [3.63, 3.8) is 0 Å². The molecule has 3 rings (SSSR count). The highest BCUT2D eigenvalue weighted by molar-refractivity contribution is 6.31. The Bertz CT molecular complexity index is 464. The van der Waals surface area contributed by atoms with Crippen LogP contribution in [0.4, 0.5) is 0 Å². The van der Waals surface area contributed by atoms with Crippen molar-refractivity contribution in [3.8, 4) is 0 Å². The quantitative estimate of drug-likeness (QED) is 0.897. The fourth-order valence-electron chi connectivity index (χ4n) is 4.08. The molecule has 1 heterocycles. The SMILES string of the molecule is OC(CCN1CCC2CCCCC2C1)c1ccccc1Cl. The molecule has 1 saturated heterocycles. The fraction of sp³-hybridized carbons (Fsp3) is 0.667. The number of nitrogens with zero attached hydrogens (tertiary/aromatic N) is 1. The summed E-state index contributed by atoms with van der Waals surface area (Å²) in [5.41, 5.74) is 0.867. The number of likely N-dealkylation sites (tertiary alicyclic amines) is 1. The lowest BCUT2D eigenvalue weighted by Gasteiger charge is -2.41. The maximum atomic E-state index is 10.4. The summed E-state index contributed by atoms with van der Waals surface area (Å²) in [7, 11) is 0. The summed E-state index contributed by atoms with van der Waals surface area (Å²) in [5.74, 6) is 1.88. The van der Waals surface area contributed by atoms with Gasteiger partial charge in [0.1, 0.15) is 0 Å². The van der Waals surface area contributed by atoms with Gasteiger partial charge in [-0.2, -0.15) is 0 Å². The van der Waals surface area contributed by atoms with Crippen molar-refractivity contribution in [3.05, 3.63) is 34.9 Å². The van der Waals surface area contributed by atoms with Crippen molar-refractivity contribution in [1.29, 1.82) is 0 Å². The van der Waals surface area contributed by atoms with Gasteiger partial charge in [-0.3, -0.25) is 0 Å². The van der Waals surface area contributed by atoms with Gasteiger partial charge in [0.25, 0.3) is 0 Å². The molecule has 116 valence electrons. The third-order valence-electron chi connectivity index (χ3n) is 5.36. The lowest BCUT2D eigenvalue weighted by molar-refractivity contribution is 0.0705. The van der Waals surface area contributed by atoms with Crippen molar-refractivity contribution in [1.82, 2.24) is 4.90 Å².